The molecule has 120 valence electrons. The smallest absolute Gasteiger partial charge is 0.320 e. The van der Waals surface area contributed by atoms with Crippen LogP contribution in [0.5, 0.6) is 0 Å². The highest BCUT2D eigenvalue weighted by molar-refractivity contribution is 5.92. The maximum absolute atomic E-state index is 12.1. The van der Waals surface area contributed by atoms with Crippen molar-refractivity contribution in [2.45, 2.75) is 39.2 Å². The Kier molecular flexibility index (Phi) is 4.12. The summed E-state index contributed by atoms with van der Waals surface area (Å²) in [4.78, 5) is 13.9. The van der Waals surface area contributed by atoms with Crippen LogP contribution in [0.4, 0.5) is 10.5 Å². The lowest BCUT2D eigenvalue weighted by Gasteiger charge is -2.31. The van der Waals surface area contributed by atoms with Crippen molar-refractivity contribution in [2.24, 2.45) is 0 Å². The van der Waals surface area contributed by atoms with Crippen LogP contribution in [0.1, 0.15) is 37.5 Å². The number of urea groups is 1. The number of carbonyl (C=O) groups excluding carboxylic acids is 1. The second-order valence-corrected chi connectivity index (χ2v) is 6.86. The van der Waals surface area contributed by atoms with Crippen molar-refractivity contribution in [1.82, 2.24) is 4.90 Å². The van der Waals surface area contributed by atoms with Crippen molar-refractivity contribution in [1.29, 1.82) is 0 Å². The number of nitrogens with zero attached hydrogens (tertiary/aromatic N) is 1. The highest BCUT2D eigenvalue weighted by Crippen LogP contribution is 2.32. The molecule has 0 unspecified atom stereocenters. The largest absolute Gasteiger partial charge is 0.322 e. The molecule has 1 N–H and O–H groups in total. The van der Waals surface area contributed by atoms with Crippen molar-refractivity contribution in [3.63, 3.8) is 0 Å². The number of carbonyl (C=O) groups is 1. The number of hydrogen-bond donors (Lipinski definition) is 1. The Balaban J connectivity index is 1.86. The number of amides is 2. The van der Waals surface area contributed by atoms with Crippen LogP contribution < -0.4 is 5.32 Å². The first kappa shape index (κ1) is 15.6. The van der Waals surface area contributed by atoms with E-state index in [1.54, 1.807) is 0 Å². The first-order chi connectivity index (χ1) is 11.0. The van der Waals surface area contributed by atoms with E-state index in [-0.39, 0.29) is 11.4 Å². The monoisotopic (exact) mass is 308 g/mol. The van der Waals surface area contributed by atoms with Gasteiger partial charge in [-0.1, -0.05) is 56.3 Å². The molecule has 3 heteroatoms. The first-order valence-corrected chi connectivity index (χ1v) is 8.23. The van der Waals surface area contributed by atoms with Crippen LogP contribution in [0.15, 0.2) is 48.5 Å². The molecule has 2 aromatic carbocycles. The quantitative estimate of drug-likeness (QED) is 0.881. The Morgan fingerprint density at radius 3 is 2.57 bits per heavy atom. The van der Waals surface area contributed by atoms with Crippen molar-refractivity contribution in [2.75, 3.05) is 11.9 Å². The number of rotatable bonds is 4. The van der Waals surface area contributed by atoms with E-state index in [0.717, 1.165) is 18.7 Å². The third-order valence-electron chi connectivity index (χ3n) is 4.65. The molecule has 2 aromatic rings. The minimum atomic E-state index is -0.00184. The van der Waals surface area contributed by atoms with Gasteiger partial charge in [-0.25, -0.2) is 4.79 Å². The molecule has 0 aromatic heterocycles. The summed E-state index contributed by atoms with van der Waals surface area (Å²) in [5.41, 5.74) is 4.74. The second-order valence-electron chi connectivity index (χ2n) is 6.86. The van der Waals surface area contributed by atoms with E-state index in [4.69, 9.17) is 0 Å². The summed E-state index contributed by atoms with van der Waals surface area (Å²) in [5.74, 6) is 0. The molecule has 0 aliphatic carbocycles. The van der Waals surface area contributed by atoms with Crippen LogP contribution in [0, 0.1) is 0 Å². The molecule has 0 radical (unpaired) electrons. The van der Waals surface area contributed by atoms with Gasteiger partial charge in [-0.05, 0) is 41.5 Å². The van der Waals surface area contributed by atoms with E-state index in [0.29, 0.717) is 6.54 Å². The van der Waals surface area contributed by atoms with E-state index in [1.807, 2.05) is 17.9 Å². The second kappa shape index (κ2) is 6.07. The number of hydrogen-bond acceptors (Lipinski definition) is 1. The fourth-order valence-electron chi connectivity index (χ4n) is 3.19. The van der Waals surface area contributed by atoms with Gasteiger partial charge in [0.25, 0.3) is 0 Å². The summed E-state index contributed by atoms with van der Waals surface area (Å²) >= 11 is 0. The normalized spacial score (nSPS) is 14.4. The highest BCUT2D eigenvalue weighted by atomic mass is 16.2. The summed E-state index contributed by atoms with van der Waals surface area (Å²) in [6, 6.07) is 17.0. The van der Waals surface area contributed by atoms with Gasteiger partial charge < -0.3 is 10.2 Å². The van der Waals surface area contributed by atoms with Gasteiger partial charge in [-0.3, -0.25) is 0 Å². The van der Waals surface area contributed by atoms with Gasteiger partial charge in [0.1, 0.15) is 0 Å². The average Bonchev–Trinajstić information content (AvgIpc) is 2.54. The van der Waals surface area contributed by atoms with Crippen molar-refractivity contribution >= 4 is 11.7 Å². The lowest BCUT2D eigenvalue weighted by Crippen LogP contribution is -2.38. The summed E-state index contributed by atoms with van der Waals surface area (Å²) in [7, 11) is 0. The Morgan fingerprint density at radius 1 is 1.13 bits per heavy atom. The van der Waals surface area contributed by atoms with Crippen LogP contribution in [-0.2, 0) is 18.4 Å². The molecule has 0 bridgehead atoms. The third kappa shape index (κ3) is 3.24. The SMILES string of the molecule is CCN1Cc2ccc(C(C)(C)Cc3ccccc3)cc2NC1=O. The van der Waals surface area contributed by atoms with Crippen molar-refractivity contribution in [3.05, 3.63) is 65.2 Å². The molecule has 3 rings (SSSR count). The maximum atomic E-state index is 12.1. The molecule has 0 fully saturated rings. The lowest BCUT2D eigenvalue weighted by molar-refractivity contribution is 0.210. The molecule has 0 atom stereocenters. The summed E-state index contributed by atoms with van der Waals surface area (Å²) in [6.45, 7) is 7.93. The summed E-state index contributed by atoms with van der Waals surface area (Å²) in [5, 5.41) is 3.02. The van der Waals surface area contributed by atoms with Gasteiger partial charge in [0.2, 0.25) is 0 Å². The fourth-order valence-corrected chi connectivity index (χ4v) is 3.19. The van der Waals surface area contributed by atoms with Gasteiger partial charge >= 0.3 is 6.03 Å². The minimum Gasteiger partial charge on any atom is -0.320 e. The van der Waals surface area contributed by atoms with Gasteiger partial charge in [-0.15, -0.1) is 0 Å². The van der Waals surface area contributed by atoms with Gasteiger partial charge in [0, 0.05) is 18.8 Å². The molecule has 1 aliphatic rings. The Morgan fingerprint density at radius 2 is 1.87 bits per heavy atom. The molecule has 1 aliphatic heterocycles. The predicted molar refractivity (Wildman–Crippen MR) is 94.7 cm³/mol. The molecular weight excluding hydrogens is 284 g/mol. The maximum Gasteiger partial charge on any atom is 0.322 e. The van der Waals surface area contributed by atoms with E-state index < -0.39 is 0 Å². The zero-order valence-electron chi connectivity index (χ0n) is 14.1. The number of benzene rings is 2. The molecule has 3 nitrogen and oxygen atoms in total. The van der Waals surface area contributed by atoms with E-state index in [1.165, 1.54) is 16.7 Å². The fraction of sp³-hybridized carbons (Fsp3) is 0.350. The van der Waals surface area contributed by atoms with Crippen LogP contribution in [-0.4, -0.2) is 17.5 Å². The zero-order chi connectivity index (χ0) is 16.4. The van der Waals surface area contributed by atoms with E-state index in [2.05, 4.69) is 61.6 Å². The topological polar surface area (TPSA) is 32.3 Å². The van der Waals surface area contributed by atoms with Gasteiger partial charge in [0.15, 0.2) is 0 Å². The van der Waals surface area contributed by atoms with Crippen molar-refractivity contribution < 1.29 is 4.79 Å². The van der Waals surface area contributed by atoms with E-state index in [9.17, 15) is 4.79 Å². The standard InChI is InChI=1S/C20H24N2O/c1-4-22-14-16-10-11-17(12-18(16)21-19(22)23)20(2,3)13-15-8-6-5-7-9-15/h5-12H,4,13-14H2,1-3H3,(H,21,23). The highest BCUT2D eigenvalue weighted by Gasteiger charge is 2.25. The van der Waals surface area contributed by atoms with Crippen LogP contribution in [0.25, 0.3) is 0 Å². The van der Waals surface area contributed by atoms with Crippen LogP contribution in [0.3, 0.4) is 0 Å². The number of nitrogens with one attached hydrogen (secondary N) is 1. The molecule has 0 saturated carbocycles. The van der Waals surface area contributed by atoms with Crippen molar-refractivity contribution in [3.8, 4) is 0 Å². The number of fused-ring (bicyclic) bond motifs is 1. The summed E-state index contributed by atoms with van der Waals surface area (Å²) < 4.78 is 0. The van der Waals surface area contributed by atoms with Gasteiger partial charge in [-0.2, -0.15) is 0 Å². The molecule has 23 heavy (non-hydrogen) atoms. The predicted octanol–water partition coefficient (Wildman–Crippen LogP) is 4.57. The summed E-state index contributed by atoms with van der Waals surface area (Å²) in [6.07, 6.45) is 0.974. The first-order valence-electron chi connectivity index (χ1n) is 8.23. The van der Waals surface area contributed by atoms with E-state index >= 15 is 0 Å². The Hall–Kier alpha value is -2.29. The molecule has 2 amide bonds. The van der Waals surface area contributed by atoms with Crippen LogP contribution >= 0.6 is 0 Å². The average molecular weight is 308 g/mol. The van der Waals surface area contributed by atoms with Crippen LogP contribution in [0.2, 0.25) is 0 Å². The molecular formula is C20H24N2O. The molecule has 0 saturated heterocycles. The number of anilines is 1. The zero-order valence-corrected chi connectivity index (χ0v) is 14.1. The molecule has 0 spiro atoms. The third-order valence-corrected chi connectivity index (χ3v) is 4.65. The Labute approximate surface area is 138 Å². The Bertz CT molecular complexity index is 707. The minimum absolute atomic E-state index is 0.00184. The molecule has 1 heterocycles. The van der Waals surface area contributed by atoms with Gasteiger partial charge in [0.05, 0.1) is 0 Å². The lowest BCUT2D eigenvalue weighted by atomic mass is 9.78.